The van der Waals surface area contributed by atoms with E-state index < -0.39 is 7.26 Å². The van der Waals surface area contributed by atoms with Crippen LogP contribution < -0.4 is 0 Å². The maximum Gasteiger partial charge on any atom is 0.0708 e. The van der Waals surface area contributed by atoms with Crippen LogP contribution in [0.5, 0.6) is 0 Å². The SMILES string of the molecule is [2H]C(CCC)[P+](C)(C)CC. The van der Waals surface area contributed by atoms with Crippen molar-refractivity contribution in [1.29, 1.82) is 0 Å². The van der Waals surface area contributed by atoms with E-state index in [0.29, 0.717) is 0 Å². The van der Waals surface area contributed by atoms with Crippen LogP contribution in [0.2, 0.25) is 0 Å². The Hall–Kier alpha value is 0.430. The van der Waals surface area contributed by atoms with Gasteiger partial charge in [-0.2, -0.15) is 0 Å². The quantitative estimate of drug-likeness (QED) is 0.537. The molecule has 0 aromatic carbocycles. The van der Waals surface area contributed by atoms with Gasteiger partial charge in [0.05, 0.1) is 13.7 Å². The third kappa shape index (κ3) is 4.90. The van der Waals surface area contributed by atoms with Gasteiger partial charge in [0.25, 0.3) is 0 Å². The van der Waals surface area contributed by atoms with E-state index in [1.165, 1.54) is 6.16 Å². The molecule has 0 aliphatic heterocycles. The van der Waals surface area contributed by atoms with Crippen molar-refractivity contribution in [2.24, 2.45) is 0 Å². The van der Waals surface area contributed by atoms with E-state index in [-0.39, 0.29) is 6.14 Å². The zero-order valence-corrected chi connectivity index (χ0v) is 8.04. The van der Waals surface area contributed by atoms with Crippen molar-refractivity contribution in [1.82, 2.24) is 0 Å². The Balaban J connectivity index is 3.78. The van der Waals surface area contributed by atoms with E-state index in [1.807, 2.05) is 0 Å². The van der Waals surface area contributed by atoms with Crippen molar-refractivity contribution >= 4 is 7.26 Å². The monoisotopic (exact) mass is 148 g/mol. The van der Waals surface area contributed by atoms with Crippen LogP contribution in [-0.2, 0) is 0 Å². The second kappa shape index (κ2) is 4.28. The molecule has 0 nitrogen and oxygen atoms in total. The van der Waals surface area contributed by atoms with E-state index in [0.717, 1.165) is 12.8 Å². The molecule has 0 aliphatic rings. The van der Waals surface area contributed by atoms with Crippen molar-refractivity contribution in [2.45, 2.75) is 26.7 Å². The predicted octanol–water partition coefficient (Wildman–Crippen LogP) is 3.08. The first-order valence-electron chi connectivity index (χ1n) is 4.37. The summed E-state index contributed by atoms with van der Waals surface area (Å²) in [7, 11) is -0.864. The summed E-state index contributed by atoms with van der Waals surface area (Å²) in [5, 5.41) is 0. The van der Waals surface area contributed by atoms with Crippen LogP contribution in [0.1, 0.15) is 28.1 Å². The van der Waals surface area contributed by atoms with E-state index in [4.69, 9.17) is 1.37 Å². The summed E-state index contributed by atoms with van der Waals surface area (Å²) in [5.74, 6) is 0. The van der Waals surface area contributed by atoms with Crippen LogP contribution in [0.15, 0.2) is 0 Å². The number of hydrogen-bond donors (Lipinski definition) is 0. The molecule has 0 aromatic rings. The highest BCUT2D eigenvalue weighted by Gasteiger charge is 2.19. The normalized spacial score (nSPS) is 17.1. The second-order valence-electron chi connectivity index (χ2n) is 3.07. The van der Waals surface area contributed by atoms with E-state index >= 15 is 0 Å². The minimum absolute atomic E-state index is 0.238. The van der Waals surface area contributed by atoms with Crippen LogP contribution in [0.3, 0.4) is 0 Å². The molecule has 0 saturated carbocycles. The summed E-state index contributed by atoms with van der Waals surface area (Å²) in [6.07, 6.45) is 3.72. The van der Waals surface area contributed by atoms with Gasteiger partial charge in [-0.1, -0.05) is 13.3 Å². The number of rotatable bonds is 4. The topological polar surface area (TPSA) is 0 Å². The maximum absolute atomic E-state index is 7.82. The molecule has 0 rings (SSSR count). The first-order valence-corrected chi connectivity index (χ1v) is 6.73. The summed E-state index contributed by atoms with van der Waals surface area (Å²) in [5.41, 5.74) is 0. The van der Waals surface area contributed by atoms with Crippen molar-refractivity contribution in [2.75, 3.05) is 25.6 Å². The van der Waals surface area contributed by atoms with Crippen molar-refractivity contribution in [3.05, 3.63) is 0 Å². The van der Waals surface area contributed by atoms with Crippen LogP contribution in [0.25, 0.3) is 0 Å². The molecule has 0 spiro atoms. The van der Waals surface area contributed by atoms with Gasteiger partial charge < -0.3 is 0 Å². The fourth-order valence-electron chi connectivity index (χ4n) is 0.608. The van der Waals surface area contributed by atoms with Crippen LogP contribution in [0, 0.1) is 0 Å². The van der Waals surface area contributed by atoms with Crippen molar-refractivity contribution in [3.8, 4) is 0 Å². The van der Waals surface area contributed by atoms with Crippen molar-refractivity contribution in [3.63, 3.8) is 0 Å². The van der Waals surface area contributed by atoms with Gasteiger partial charge in [0.1, 0.15) is 0 Å². The Labute approximate surface area is 61.8 Å². The highest BCUT2D eigenvalue weighted by molar-refractivity contribution is 7.74. The lowest BCUT2D eigenvalue weighted by atomic mass is 10.4. The van der Waals surface area contributed by atoms with E-state index in [9.17, 15) is 0 Å². The second-order valence-corrected chi connectivity index (χ2v) is 7.62. The molecule has 0 aliphatic carbocycles. The Morgan fingerprint density at radius 1 is 1.33 bits per heavy atom. The summed E-state index contributed by atoms with van der Waals surface area (Å²) in [4.78, 5) is 0. The third-order valence-electron chi connectivity index (χ3n) is 1.73. The molecular weight excluding hydrogens is 127 g/mol. The average molecular weight is 148 g/mol. The Morgan fingerprint density at radius 3 is 2.22 bits per heavy atom. The van der Waals surface area contributed by atoms with E-state index in [2.05, 4.69) is 27.2 Å². The standard InChI is InChI=1S/C8H20P/c1-5-7-8-9(3,4)6-2/h5-8H2,1-4H3/q+1/i8D. The molecule has 0 saturated heterocycles. The molecule has 0 heterocycles. The molecule has 0 aromatic heterocycles. The lowest BCUT2D eigenvalue weighted by Gasteiger charge is -2.14. The van der Waals surface area contributed by atoms with Crippen LogP contribution in [0.4, 0.5) is 0 Å². The van der Waals surface area contributed by atoms with Gasteiger partial charge in [-0.15, -0.1) is 0 Å². The van der Waals surface area contributed by atoms with Crippen molar-refractivity contribution < 1.29 is 1.37 Å². The first kappa shape index (κ1) is 7.54. The predicted molar refractivity (Wildman–Crippen MR) is 49.1 cm³/mol. The number of hydrogen-bond acceptors (Lipinski definition) is 0. The zero-order chi connectivity index (χ0) is 8.20. The van der Waals surface area contributed by atoms with Crippen LogP contribution in [-0.4, -0.2) is 25.6 Å². The van der Waals surface area contributed by atoms with Gasteiger partial charge in [0, 0.05) is 20.6 Å². The molecule has 56 valence electrons. The average Bonchev–Trinajstić information content (AvgIpc) is 1.89. The Morgan fingerprint density at radius 2 is 1.89 bits per heavy atom. The molecule has 0 bridgehead atoms. The Kier molecular flexibility index (Phi) is 3.58. The molecule has 1 atom stereocenters. The molecule has 0 radical (unpaired) electrons. The van der Waals surface area contributed by atoms with Gasteiger partial charge >= 0.3 is 0 Å². The van der Waals surface area contributed by atoms with Crippen LogP contribution >= 0.6 is 7.26 Å². The Bertz CT molecular complexity index is 91.3. The zero-order valence-electron chi connectivity index (χ0n) is 8.15. The van der Waals surface area contributed by atoms with Gasteiger partial charge in [-0.05, 0) is 13.3 Å². The van der Waals surface area contributed by atoms with E-state index in [1.54, 1.807) is 0 Å². The molecular formula is C8H20P+. The molecule has 1 heteroatoms. The van der Waals surface area contributed by atoms with Gasteiger partial charge in [0.15, 0.2) is 0 Å². The molecule has 0 amide bonds. The smallest absolute Gasteiger partial charge is 0.0652 e. The minimum atomic E-state index is -0.864. The molecule has 1 unspecified atom stereocenters. The highest BCUT2D eigenvalue weighted by atomic mass is 31.2. The molecule has 0 N–H and O–H groups in total. The first-order chi connectivity index (χ1) is 4.54. The highest BCUT2D eigenvalue weighted by Crippen LogP contribution is 2.50. The fourth-order valence-corrected chi connectivity index (χ4v) is 1.82. The largest absolute Gasteiger partial charge is 0.0708 e. The lowest BCUT2D eigenvalue weighted by Crippen LogP contribution is -1.96. The fraction of sp³-hybridized carbons (Fsp3) is 1.00. The lowest BCUT2D eigenvalue weighted by molar-refractivity contribution is 0.887. The minimum Gasteiger partial charge on any atom is -0.0652 e. The maximum atomic E-state index is 7.82. The molecule has 9 heavy (non-hydrogen) atoms. The summed E-state index contributed by atoms with van der Waals surface area (Å²) in [6, 6.07) is 0. The summed E-state index contributed by atoms with van der Waals surface area (Å²) in [6.45, 7) is 8.96. The summed E-state index contributed by atoms with van der Waals surface area (Å²) >= 11 is 0. The van der Waals surface area contributed by atoms with Gasteiger partial charge in [0.2, 0.25) is 0 Å². The van der Waals surface area contributed by atoms with Gasteiger partial charge in [-0.3, -0.25) is 0 Å². The third-order valence-corrected chi connectivity index (χ3v) is 4.60. The van der Waals surface area contributed by atoms with Gasteiger partial charge in [-0.25, -0.2) is 0 Å². The molecule has 0 fully saturated rings. The summed E-state index contributed by atoms with van der Waals surface area (Å²) < 4.78 is 7.82.